The fraction of sp³-hybridized carbons (Fsp3) is 0.680. The number of hydrogen-bond acceptors (Lipinski definition) is 5. The normalized spacial score (nSPS) is 35.3. The van der Waals surface area contributed by atoms with Gasteiger partial charge in [-0.05, 0) is 69.0 Å². The van der Waals surface area contributed by atoms with Crippen molar-refractivity contribution in [1.29, 1.82) is 0 Å². The summed E-state index contributed by atoms with van der Waals surface area (Å²) in [5.74, 6) is 1.46. The first-order valence-electron chi connectivity index (χ1n) is 12.4. The molecular formula is C25H32F3N5O. The van der Waals surface area contributed by atoms with Crippen molar-refractivity contribution in [3.63, 3.8) is 0 Å². The van der Waals surface area contributed by atoms with E-state index in [1.54, 1.807) is 7.11 Å². The van der Waals surface area contributed by atoms with Crippen LogP contribution in [-0.2, 0) is 16.3 Å². The van der Waals surface area contributed by atoms with E-state index in [-0.39, 0.29) is 11.5 Å². The Morgan fingerprint density at radius 3 is 2.76 bits per heavy atom. The molecule has 1 saturated heterocycles. The van der Waals surface area contributed by atoms with Crippen molar-refractivity contribution in [2.75, 3.05) is 25.9 Å². The lowest BCUT2D eigenvalue weighted by atomic mass is 9.98. The maximum absolute atomic E-state index is 13.4. The molecule has 6 nitrogen and oxygen atoms in total. The number of hydrogen-bond donors (Lipinski definition) is 1. The summed E-state index contributed by atoms with van der Waals surface area (Å²) in [5.41, 5.74) is 6.88. The van der Waals surface area contributed by atoms with Gasteiger partial charge in [0.15, 0.2) is 0 Å². The van der Waals surface area contributed by atoms with Gasteiger partial charge in [0.05, 0.1) is 17.4 Å². The molecular weight excluding hydrogens is 443 g/mol. The molecule has 1 aliphatic heterocycles. The maximum Gasteiger partial charge on any atom is 0.419 e. The Kier molecular flexibility index (Phi) is 4.88. The zero-order chi connectivity index (χ0) is 24.0. The number of halogens is 3. The first-order chi connectivity index (χ1) is 16.2. The van der Waals surface area contributed by atoms with Gasteiger partial charge >= 0.3 is 6.18 Å². The van der Waals surface area contributed by atoms with Crippen molar-refractivity contribution in [3.05, 3.63) is 29.6 Å². The standard InChI is InChI=1S/C25H32F3N5O/c1-4-13(2)33-20(10-18(31-33)14-8-17(25(26,27)28)23(29)30-11-14)24-16-9-19(22(24)21(16)24)32-7-5-6-15(12-32)34-3/h8,10-11,13,15-16,19,21-22H,4-7,9,12H2,1-3H3,(H2,29,30). The number of nitrogens with two attached hydrogens (primary N) is 1. The van der Waals surface area contributed by atoms with Crippen LogP contribution in [0.25, 0.3) is 11.3 Å². The molecule has 3 heterocycles. The van der Waals surface area contributed by atoms with Crippen molar-refractivity contribution in [1.82, 2.24) is 19.7 Å². The Hall–Kier alpha value is -2.13. The number of methoxy groups -OCH3 is 1. The Morgan fingerprint density at radius 1 is 1.29 bits per heavy atom. The van der Waals surface area contributed by atoms with Crippen LogP contribution in [0.3, 0.4) is 0 Å². The SMILES string of the molecule is CCC(C)n1nc(-c2cnc(N)c(C(F)(F)F)c2)cc1C12C3CC(N4CCCC(OC)C4)C1C32. The molecule has 2 aromatic heterocycles. The summed E-state index contributed by atoms with van der Waals surface area (Å²) in [4.78, 5) is 6.47. The van der Waals surface area contributed by atoms with E-state index < -0.39 is 17.6 Å². The third kappa shape index (κ3) is 3.02. The van der Waals surface area contributed by atoms with Crippen LogP contribution in [0.5, 0.6) is 0 Å². The number of likely N-dealkylation sites (tertiary alicyclic amines) is 1. The monoisotopic (exact) mass is 475 g/mol. The fourth-order valence-corrected chi connectivity index (χ4v) is 7.24. The average Bonchev–Trinajstić information content (AvgIpc) is 3.38. The van der Waals surface area contributed by atoms with Crippen LogP contribution in [0, 0.1) is 17.8 Å². The minimum Gasteiger partial charge on any atom is -0.383 e. The first-order valence-corrected chi connectivity index (χ1v) is 12.4. The molecule has 9 heteroatoms. The van der Waals surface area contributed by atoms with Crippen molar-refractivity contribution in [2.24, 2.45) is 17.8 Å². The lowest BCUT2D eigenvalue weighted by Crippen LogP contribution is -2.45. The minimum atomic E-state index is -4.55. The fourth-order valence-electron chi connectivity index (χ4n) is 7.24. The number of anilines is 1. The molecule has 2 N–H and O–H groups in total. The number of ether oxygens (including phenoxy) is 1. The van der Waals surface area contributed by atoms with Crippen molar-refractivity contribution in [2.45, 2.75) is 69.3 Å². The van der Waals surface area contributed by atoms with Crippen LogP contribution in [-0.4, -0.2) is 52.0 Å². The van der Waals surface area contributed by atoms with Crippen molar-refractivity contribution < 1.29 is 17.9 Å². The van der Waals surface area contributed by atoms with Gasteiger partial charge in [0.2, 0.25) is 0 Å². The van der Waals surface area contributed by atoms with Crippen LogP contribution in [0.1, 0.15) is 56.8 Å². The molecule has 0 aromatic carbocycles. The van der Waals surface area contributed by atoms with Gasteiger partial charge in [0.25, 0.3) is 0 Å². The summed E-state index contributed by atoms with van der Waals surface area (Å²) in [7, 11) is 1.80. The third-order valence-electron chi connectivity index (χ3n) is 9.15. The molecule has 5 aliphatic rings. The number of fused-ring (bicyclic) bond motifs is 1. The number of rotatable bonds is 6. The lowest BCUT2D eigenvalue weighted by Gasteiger charge is -2.36. The predicted molar refractivity (Wildman–Crippen MR) is 122 cm³/mol. The number of nitrogen functional groups attached to an aromatic ring is 1. The second-order valence-corrected chi connectivity index (χ2v) is 10.7. The van der Waals surface area contributed by atoms with Crippen LogP contribution < -0.4 is 5.73 Å². The number of alkyl halides is 3. The molecule has 7 unspecified atom stereocenters. The Labute approximate surface area is 197 Å². The van der Waals surface area contributed by atoms with Gasteiger partial charge in [-0.15, -0.1) is 0 Å². The van der Waals surface area contributed by atoms with Crippen LogP contribution >= 0.6 is 0 Å². The van der Waals surface area contributed by atoms with E-state index in [4.69, 9.17) is 15.6 Å². The molecule has 184 valence electrons. The van der Waals surface area contributed by atoms with Crippen LogP contribution in [0.4, 0.5) is 19.0 Å². The highest BCUT2D eigenvalue weighted by Crippen LogP contribution is 2.91. The highest BCUT2D eigenvalue weighted by Gasteiger charge is 2.93. The summed E-state index contributed by atoms with van der Waals surface area (Å²) in [6.45, 7) is 6.38. The highest BCUT2D eigenvalue weighted by molar-refractivity contribution is 5.65. The van der Waals surface area contributed by atoms with Gasteiger partial charge in [-0.1, -0.05) is 6.92 Å². The van der Waals surface area contributed by atoms with Gasteiger partial charge in [0, 0.05) is 48.6 Å². The number of piperidine rings is 1. The molecule has 0 radical (unpaired) electrons. The predicted octanol–water partition coefficient (Wildman–Crippen LogP) is 4.51. The van der Waals surface area contributed by atoms with E-state index in [1.165, 1.54) is 24.7 Å². The molecule has 5 fully saturated rings. The molecule has 7 rings (SSSR count). The Bertz CT molecular complexity index is 1110. The van der Waals surface area contributed by atoms with Gasteiger partial charge < -0.3 is 10.5 Å². The van der Waals surface area contributed by atoms with E-state index in [9.17, 15) is 13.2 Å². The van der Waals surface area contributed by atoms with E-state index >= 15 is 0 Å². The van der Waals surface area contributed by atoms with E-state index in [1.807, 2.05) is 6.07 Å². The lowest BCUT2D eigenvalue weighted by molar-refractivity contribution is -0.137. The topological polar surface area (TPSA) is 69.2 Å². The first kappa shape index (κ1) is 22.3. The molecule has 0 spiro atoms. The van der Waals surface area contributed by atoms with Gasteiger partial charge in [-0.25, -0.2) is 4.98 Å². The Morgan fingerprint density at radius 2 is 2.09 bits per heavy atom. The summed E-state index contributed by atoms with van der Waals surface area (Å²) in [5, 5.41) is 4.83. The molecule has 7 atom stereocenters. The second kappa shape index (κ2) is 7.43. The largest absolute Gasteiger partial charge is 0.419 e. The summed E-state index contributed by atoms with van der Waals surface area (Å²) in [6.07, 6.45) is 1.58. The number of nitrogens with zero attached hydrogens (tertiary/aromatic N) is 4. The zero-order valence-corrected chi connectivity index (χ0v) is 19.8. The highest BCUT2D eigenvalue weighted by atomic mass is 19.4. The maximum atomic E-state index is 13.4. The molecule has 34 heavy (non-hydrogen) atoms. The third-order valence-corrected chi connectivity index (χ3v) is 9.15. The molecule has 4 saturated carbocycles. The number of pyridine rings is 1. The number of aromatic nitrogens is 3. The second-order valence-electron chi connectivity index (χ2n) is 10.7. The minimum absolute atomic E-state index is 0.146. The summed E-state index contributed by atoms with van der Waals surface area (Å²) in [6, 6.07) is 3.87. The zero-order valence-electron chi connectivity index (χ0n) is 19.8. The van der Waals surface area contributed by atoms with E-state index in [2.05, 4.69) is 28.4 Å². The molecule has 2 aromatic rings. The van der Waals surface area contributed by atoms with Gasteiger partial charge in [-0.3, -0.25) is 9.58 Å². The average molecular weight is 476 g/mol. The van der Waals surface area contributed by atoms with Crippen LogP contribution in [0.2, 0.25) is 0 Å². The molecule has 4 aliphatic carbocycles. The van der Waals surface area contributed by atoms with Gasteiger partial charge in [0.1, 0.15) is 5.82 Å². The van der Waals surface area contributed by atoms with Gasteiger partial charge in [-0.2, -0.15) is 18.3 Å². The van der Waals surface area contributed by atoms with Crippen molar-refractivity contribution in [3.8, 4) is 11.3 Å². The molecule has 2 bridgehead atoms. The summed E-state index contributed by atoms with van der Waals surface area (Å²) < 4.78 is 48.1. The Balaban J connectivity index is 1.33. The summed E-state index contributed by atoms with van der Waals surface area (Å²) >= 11 is 0. The van der Waals surface area contributed by atoms with Crippen molar-refractivity contribution >= 4 is 5.82 Å². The quantitative estimate of drug-likeness (QED) is 0.666. The molecule has 0 amide bonds. The van der Waals surface area contributed by atoms with E-state index in [0.717, 1.165) is 32.0 Å². The smallest absolute Gasteiger partial charge is 0.383 e. The van der Waals surface area contributed by atoms with Crippen LogP contribution in [0.15, 0.2) is 18.3 Å². The van der Waals surface area contributed by atoms with E-state index in [0.29, 0.717) is 41.2 Å².